The molecule has 1 aliphatic rings. The number of aromatic amines is 2. The number of hydrogen-bond acceptors (Lipinski definition) is 4. The molecule has 0 spiro atoms. The molecule has 102 valence electrons. The zero-order valence-electron chi connectivity index (χ0n) is 10.8. The van der Waals surface area contributed by atoms with E-state index in [2.05, 4.69) is 25.7 Å². The quantitative estimate of drug-likeness (QED) is 0.760. The second-order valence-electron chi connectivity index (χ2n) is 4.94. The van der Waals surface area contributed by atoms with Crippen molar-refractivity contribution >= 4 is 0 Å². The molecule has 1 aliphatic heterocycles. The van der Waals surface area contributed by atoms with E-state index in [4.69, 9.17) is 4.74 Å². The van der Waals surface area contributed by atoms with Crippen LogP contribution in [0.3, 0.4) is 0 Å². The van der Waals surface area contributed by atoms with Gasteiger partial charge in [-0.2, -0.15) is 10.2 Å². The van der Waals surface area contributed by atoms with Gasteiger partial charge in [0.05, 0.1) is 12.3 Å². The molecule has 3 heterocycles. The second-order valence-corrected chi connectivity index (χ2v) is 4.94. The van der Waals surface area contributed by atoms with Crippen LogP contribution in [-0.4, -0.2) is 33.5 Å². The van der Waals surface area contributed by atoms with Gasteiger partial charge < -0.3 is 10.1 Å². The lowest BCUT2D eigenvalue weighted by molar-refractivity contribution is -0.0278. The van der Waals surface area contributed by atoms with Crippen LogP contribution < -0.4 is 5.32 Å². The van der Waals surface area contributed by atoms with E-state index in [1.54, 1.807) is 6.20 Å². The third-order valence-corrected chi connectivity index (χ3v) is 3.57. The Balaban J connectivity index is 1.55. The fraction of sp³-hybridized carbons (Fsp3) is 0.538. The highest BCUT2D eigenvalue weighted by Gasteiger charge is 2.27. The third-order valence-electron chi connectivity index (χ3n) is 3.57. The minimum atomic E-state index is 0.154. The lowest BCUT2D eigenvalue weighted by Crippen LogP contribution is -2.31. The molecule has 2 aromatic rings. The summed E-state index contributed by atoms with van der Waals surface area (Å²) < 4.78 is 5.90. The summed E-state index contributed by atoms with van der Waals surface area (Å²) in [7, 11) is 0. The Kier molecular flexibility index (Phi) is 3.90. The van der Waals surface area contributed by atoms with Crippen molar-refractivity contribution in [2.24, 2.45) is 5.92 Å². The van der Waals surface area contributed by atoms with Crippen LogP contribution in [0.4, 0.5) is 0 Å². The lowest BCUT2D eigenvalue weighted by atomic mass is 9.91. The van der Waals surface area contributed by atoms with Gasteiger partial charge in [-0.25, -0.2) is 0 Å². The van der Waals surface area contributed by atoms with Crippen LogP contribution in [0, 0.1) is 5.92 Å². The predicted octanol–water partition coefficient (Wildman–Crippen LogP) is 1.39. The van der Waals surface area contributed by atoms with Gasteiger partial charge in [0.15, 0.2) is 0 Å². The standard InChI is InChI=1S/C13H19N5O/c1-2-10(6-14-9-12-3-4-15-18-12)13(19-5-1)11-7-16-17-8-11/h3-4,7-8,10,13-14H,1-2,5-6,9H2,(H,15,18)(H,16,17)/t10-,13+/m0/s1. The molecule has 0 unspecified atom stereocenters. The van der Waals surface area contributed by atoms with Crippen molar-refractivity contribution in [2.75, 3.05) is 13.2 Å². The average molecular weight is 261 g/mol. The fourth-order valence-corrected chi connectivity index (χ4v) is 2.61. The highest BCUT2D eigenvalue weighted by Crippen LogP contribution is 2.32. The first-order valence-electron chi connectivity index (χ1n) is 6.73. The Labute approximate surface area is 111 Å². The van der Waals surface area contributed by atoms with Crippen LogP contribution in [0.25, 0.3) is 0 Å². The molecule has 0 aliphatic carbocycles. The SMILES string of the molecule is c1cc(CNC[C@@H]2CCCO[C@H]2c2cn[nH]c2)[nH]n1. The molecule has 1 fully saturated rings. The maximum absolute atomic E-state index is 5.90. The predicted molar refractivity (Wildman–Crippen MR) is 70.3 cm³/mol. The number of ether oxygens (including phenoxy) is 1. The van der Waals surface area contributed by atoms with Gasteiger partial charge in [0.1, 0.15) is 0 Å². The Bertz CT molecular complexity index is 467. The molecule has 6 heteroatoms. The molecule has 0 amide bonds. The summed E-state index contributed by atoms with van der Waals surface area (Å²) >= 11 is 0. The van der Waals surface area contributed by atoms with Crippen molar-refractivity contribution in [3.8, 4) is 0 Å². The van der Waals surface area contributed by atoms with E-state index in [1.807, 2.05) is 18.5 Å². The molecule has 3 N–H and O–H groups in total. The molecular weight excluding hydrogens is 242 g/mol. The Morgan fingerprint density at radius 3 is 3.21 bits per heavy atom. The van der Waals surface area contributed by atoms with Crippen LogP contribution in [0.15, 0.2) is 24.7 Å². The largest absolute Gasteiger partial charge is 0.373 e. The number of aromatic nitrogens is 4. The van der Waals surface area contributed by atoms with Crippen LogP contribution in [0.1, 0.15) is 30.2 Å². The van der Waals surface area contributed by atoms with E-state index in [-0.39, 0.29) is 6.10 Å². The minimum Gasteiger partial charge on any atom is -0.373 e. The molecule has 0 bridgehead atoms. The molecule has 0 saturated carbocycles. The molecular formula is C13H19N5O. The van der Waals surface area contributed by atoms with Gasteiger partial charge in [-0.1, -0.05) is 0 Å². The molecule has 2 atom stereocenters. The normalized spacial score (nSPS) is 23.6. The summed E-state index contributed by atoms with van der Waals surface area (Å²) in [6, 6.07) is 1.98. The van der Waals surface area contributed by atoms with E-state index in [9.17, 15) is 0 Å². The van der Waals surface area contributed by atoms with Crippen molar-refractivity contribution in [3.63, 3.8) is 0 Å². The summed E-state index contributed by atoms with van der Waals surface area (Å²) in [5, 5.41) is 17.2. The zero-order chi connectivity index (χ0) is 12.9. The number of nitrogens with zero attached hydrogens (tertiary/aromatic N) is 2. The summed E-state index contributed by atoms with van der Waals surface area (Å²) in [5.74, 6) is 0.495. The molecule has 1 saturated heterocycles. The van der Waals surface area contributed by atoms with Crippen LogP contribution in [0.5, 0.6) is 0 Å². The Hall–Kier alpha value is -1.66. The smallest absolute Gasteiger partial charge is 0.0895 e. The van der Waals surface area contributed by atoms with E-state index in [1.165, 1.54) is 6.42 Å². The zero-order valence-corrected chi connectivity index (χ0v) is 10.8. The molecule has 0 aromatic carbocycles. The maximum Gasteiger partial charge on any atom is 0.0895 e. The number of rotatable bonds is 5. The molecule has 19 heavy (non-hydrogen) atoms. The van der Waals surface area contributed by atoms with Crippen LogP contribution in [-0.2, 0) is 11.3 Å². The van der Waals surface area contributed by atoms with Crippen molar-refractivity contribution in [3.05, 3.63) is 35.9 Å². The van der Waals surface area contributed by atoms with Crippen LogP contribution >= 0.6 is 0 Å². The number of nitrogens with one attached hydrogen (secondary N) is 3. The number of hydrogen-bond donors (Lipinski definition) is 3. The van der Waals surface area contributed by atoms with E-state index >= 15 is 0 Å². The van der Waals surface area contributed by atoms with Gasteiger partial charge in [-0.05, 0) is 18.9 Å². The molecule has 2 aromatic heterocycles. The van der Waals surface area contributed by atoms with Crippen LogP contribution in [0.2, 0.25) is 0 Å². The summed E-state index contributed by atoms with van der Waals surface area (Å²) in [5.41, 5.74) is 2.25. The first kappa shape index (κ1) is 12.4. The van der Waals surface area contributed by atoms with Gasteiger partial charge in [-0.15, -0.1) is 0 Å². The lowest BCUT2D eigenvalue weighted by Gasteiger charge is -2.31. The van der Waals surface area contributed by atoms with E-state index < -0.39 is 0 Å². The Morgan fingerprint density at radius 1 is 1.42 bits per heavy atom. The van der Waals surface area contributed by atoms with Gasteiger partial charge >= 0.3 is 0 Å². The molecule has 6 nitrogen and oxygen atoms in total. The van der Waals surface area contributed by atoms with E-state index in [0.29, 0.717) is 5.92 Å². The van der Waals surface area contributed by atoms with Gasteiger partial charge in [0.2, 0.25) is 0 Å². The number of H-pyrrole nitrogens is 2. The second kappa shape index (κ2) is 5.99. The van der Waals surface area contributed by atoms with Gasteiger partial charge in [-0.3, -0.25) is 10.2 Å². The molecule has 0 radical (unpaired) electrons. The van der Waals surface area contributed by atoms with Gasteiger partial charge in [0, 0.05) is 49.3 Å². The summed E-state index contributed by atoms with van der Waals surface area (Å²) in [6.45, 7) is 2.59. The Morgan fingerprint density at radius 2 is 2.42 bits per heavy atom. The van der Waals surface area contributed by atoms with E-state index in [0.717, 1.165) is 37.4 Å². The monoisotopic (exact) mass is 261 g/mol. The highest BCUT2D eigenvalue weighted by atomic mass is 16.5. The first-order valence-corrected chi connectivity index (χ1v) is 6.73. The first-order chi connectivity index (χ1) is 9.43. The maximum atomic E-state index is 5.90. The topological polar surface area (TPSA) is 78.6 Å². The molecule has 3 rings (SSSR count). The van der Waals surface area contributed by atoms with Crippen molar-refractivity contribution in [1.82, 2.24) is 25.7 Å². The van der Waals surface area contributed by atoms with Crippen molar-refractivity contribution in [1.29, 1.82) is 0 Å². The summed E-state index contributed by atoms with van der Waals surface area (Å²) in [6.07, 6.45) is 8.03. The average Bonchev–Trinajstić information content (AvgIpc) is 3.12. The fourth-order valence-electron chi connectivity index (χ4n) is 2.61. The summed E-state index contributed by atoms with van der Waals surface area (Å²) in [4.78, 5) is 0. The minimum absolute atomic E-state index is 0.154. The highest BCUT2D eigenvalue weighted by molar-refractivity contribution is 5.09. The third kappa shape index (κ3) is 3.02. The van der Waals surface area contributed by atoms with Crippen molar-refractivity contribution in [2.45, 2.75) is 25.5 Å². The van der Waals surface area contributed by atoms with Gasteiger partial charge in [0.25, 0.3) is 0 Å². The van der Waals surface area contributed by atoms with Crippen molar-refractivity contribution < 1.29 is 4.74 Å².